The zero-order valence-electron chi connectivity index (χ0n) is 12.1. The van der Waals surface area contributed by atoms with Crippen molar-refractivity contribution in [2.45, 2.75) is 0 Å². The van der Waals surface area contributed by atoms with Crippen molar-refractivity contribution in [3.05, 3.63) is 0 Å². The van der Waals surface area contributed by atoms with Gasteiger partial charge in [-0.1, -0.05) is 0 Å². The molecule has 0 saturated carbocycles. The first-order chi connectivity index (χ1) is 11.4. The fourth-order valence-electron chi connectivity index (χ4n) is 0. The van der Waals surface area contributed by atoms with E-state index in [-0.39, 0.29) is 40.4 Å². The molecule has 0 aromatic carbocycles. The normalized spacial score (nSPS) is 6.11. The molecule has 0 aromatic rings. The van der Waals surface area contributed by atoms with Crippen LogP contribution in [0.5, 0.6) is 0 Å². The molecule has 0 aliphatic rings. The fraction of sp³-hybridized carbons (Fsp3) is 0. The third-order valence-electron chi connectivity index (χ3n) is 0.373. The van der Waals surface area contributed by atoms with Crippen LogP contribution in [0.2, 0.25) is 0 Å². The Morgan fingerprint density at radius 1 is 0.444 bits per heavy atom. The minimum Gasteiger partial charge on any atom is -0.478 e. The first-order valence-corrected chi connectivity index (χ1v) is 10.1. The van der Waals surface area contributed by atoms with Crippen molar-refractivity contribution in [1.82, 2.24) is 0 Å². The topological polar surface area (TPSA) is 348 Å². The Kier molecular flexibility index (Phi) is 66.9. The van der Waals surface area contributed by atoms with E-state index < -0.39 is 45.9 Å². The van der Waals surface area contributed by atoms with Crippen LogP contribution in [0.15, 0.2) is 0 Å². The molecule has 0 aromatic heterocycles. The monoisotopic (exact) mass is 516 g/mol. The molecule has 0 heterocycles. The second-order valence-corrected chi connectivity index (χ2v) is 5.12. The Morgan fingerprint density at radius 2 is 0.481 bits per heavy atom. The molecule has 0 bridgehead atoms. The van der Waals surface area contributed by atoms with Gasteiger partial charge < -0.3 is 69.2 Å². The van der Waals surface area contributed by atoms with Crippen molar-refractivity contribution in [2.24, 2.45) is 0 Å². The summed E-state index contributed by atoms with van der Waals surface area (Å²) < 4.78 is 58.6. The van der Waals surface area contributed by atoms with Gasteiger partial charge >= 0.3 is 86.3 Å². The van der Waals surface area contributed by atoms with E-state index in [0.29, 0.717) is 0 Å². The SMILES string of the molecule is O=[Si]([O-])OO.O=[Si]([O-])OO.O=[Si]([O-])OO.O=[Si]([O-])OO.O=[Si]([O-])OO.[Al+3].[Mg+2]. The van der Waals surface area contributed by atoms with Gasteiger partial charge in [0.2, 0.25) is 0 Å². The molecule has 0 amide bonds. The zero-order chi connectivity index (χ0) is 21.4. The third kappa shape index (κ3) is 160. The van der Waals surface area contributed by atoms with Gasteiger partial charge in [0.25, 0.3) is 0 Å². The molecule has 0 fully saturated rings. The molecular weight excluding hydrogens is 512 g/mol. The van der Waals surface area contributed by atoms with E-state index in [4.69, 9.17) is 72.6 Å². The summed E-state index contributed by atoms with van der Waals surface area (Å²) in [6, 6.07) is 0. The van der Waals surface area contributed by atoms with Gasteiger partial charge in [0, 0.05) is 0 Å². The van der Waals surface area contributed by atoms with Crippen molar-refractivity contribution >= 4 is 86.3 Å². The molecule has 0 unspecified atom stereocenters. The van der Waals surface area contributed by atoms with Crippen LogP contribution in [0.3, 0.4) is 0 Å². The van der Waals surface area contributed by atoms with Crippen molar-refractivity contribution in [2.75, 3.05) is 0 Å². The molecule has 27 heteroatoms. The summed E-state index contributed by atoms with van der Waals surface area (Å²) in [5, 5.41) is 35.3. The molecule has 0 radical (unpaired) electrons. The predicted octanol–water partition coefficient (Wildman–Crippen LogP) is -9.50. The largest absolute Gasteiger partial charge is 3.00 e. The summed E-state index contributed by atoms with van der Waals surface area (Å²) in [6.07, 6.45) is 0. The molecule has 5 N–H and O–H groups in total. The van der Waals surface area contributed by atoms with Crippen molar-refractivity contribution in [3.8, 4) is 0 Å². The zero-order valence-corrected chi connectivity index (χ0v) is 19.7. The molecule has 150 valence electrons. The second-order valence-electron chi connectivity index (χ2n) is 1.71. The minimum absolute atomic E-state index is 0. The van der Waals surface area contributed by atoms with Crippen LogP contribution in [0.25, 0.3) is 0 Å². The molecule has 0 aliphatic heterocycles. The Hall–Kier alpha value is -0.817. The van der Waals surface area contributed by atoms with Crippen LogP contribution in [0.1, 0.15) is 0 Å². The van der Waals surface area contributed by atoms with E-state index in [1.807, 2.05) is 0 Å². The summed E-state index contributed by atoms with van der Waals surface area (Å²) >= 11 is 0. The van der Waals surface area contributed by atoms with Crippen LogP contribution in [0.4, 0.5) is 0 Å². The van der Waals surface area contributed by atoms with Gasteiger partial charge in [-0.15, -0.1) is 0 Å². The number of hydrogen-bond donors (Lipinski definition) is 5. The Labute approximate surface area is 181 Å². The molecular formula is H5AlMgO20Si5. The Bertz CT molecular complexity index is 288. The maximum Gasteiger partial charge on any atom is 3.00 e. The summed E-state index contributed by atoms with van der Waals surface area (Å²) in [4.78, 5) is 44.8. The third-order valence-corrected chi connectivity index (χ3v) is 1.12. The predicted molar refractivity (Wildman–Crippen MR) is 62.3 cm³/mol. The second kappa shape index (κ2) is 40.0. The van der Waals surface area contributed by atoms with E-state index in [2.05, 4.69) is 22.9 Å². The van der Waals surface area contributed by atoms with Gasteiger partial charge in [-0.05, 0) is 0 Å². The van der Waals surface area contributed by atoms with Gasteiger partial charge in [0.05, 0.1) is 0 Å². The van der Waals surface area contributed by atoms with E-state index in [1.54, 1.807) is 0 Å². The van der Waals surface area contributed by atoms with Crippen LogP contribution in [0, 0.1) is 0 Å². The maximum atomic E-state index is 8.97. The van der Waals surface area contributed by atoms with Gasteiger partial charge in [-0.3, -0.25) is 26.3 Å². The standard InChI is InChI=1S/Al.Mg.5HO4Si/c;;5*1-4-5(2)3/h;;5*1H/q+3;+2;5*-1. The van der Waals surface area contributed by atoms with Crippen molar-refractivity contribution in [3.63, 3.8) is 0 Å². The van der Waals surface area contributed by atoms with Crippen molar-refractivity contribution in [1.29, 1.82) is 0 Å². The van der Waals surface area contributed by atoms with E-state index >= 15 is 0 Å². The summed E-state index contributed by atoms with van der Waals surface area (Å²) in [7, 11) is -16.6. The Morgan fingerprint density at radius 3 is 0.481 bits per heavy atom. The maximum absolute atomic E-state index is 8.97. The van der Waals surface area contributed by atoms with Gasteiger partial charge in [0.15, 0.2) is 0 Å². The fourth-order valence-corrected chi connectivity index (χ4v) is 0. The first-order valence-electron chi connectivity index (χ1n) is 3.97. The molecule has 0 aliphatic carbocycles. The van der Waals surface area contributed by atoms with Crippen LogP contribution in [-0.2, 0) is 45.2 Å². The summed E-state index contributed by atoms with van der Waals surface area (Å²) in [6.45, 7) is 0. The number of rotatable bonds is 5. The molecule has 20 nitrogen and oxygen atoms in total. The van der Waals surface area contributed by atoms with Crippen LogP contribution >= 0.6 is 0 Å². The van der Waals surface area contributed by atoms with E-state index in [9.17, 15) is 0 Å². The van der Waals surface area contributed by atoms with E-state index in [0.717, 1.165) is 0 Å². The summed E-state index contributed by atoms with van der Waals surface area (Å²) in [5.74, 6) is 0. The molecule has 0 spiro atoms. The average Bonchev–Trinajstić information content (AvgIpc) is 2.56. The minimum atomic E-state index is -3.32. The van der Waals surface area contributed by atoms with Gasteiger partial charge in [0.1, 0.15) is 0 Å². The number of hydrogen-bond acceptors (Lipinski definition) is 20. The average molecular weight is 517 g/mol. The molecule has 0 rings (SSSR count). The van der Waals surface area contributed by atoms with Gasteiger partial charge in [-0.2, -0.15) is 0 Å². The molecule has 0 saturated heterocycles. The van der Waals surface area contributed by atoms with Crippen molar-refractivity contribution < 1.29 is 95.5 Å². The van der Waals surface area contributed by atoms with Crippen LogP contribution in [-0.4, -0.2) is 113 Å². The first kappa shape index (κ1) is 45.1. The quantitative estimate of drug-likeness (QED) is 0.128. The van der Waals surface area contributed by atoms with Gasteiger partial charge in [-0.25, -0.2) is 0 Å². The van der Waals surface area contributed by atoms with E-state index in [1.165, 1.54) is 0 Å². The smallest absolute Gasteiger partial charge is 0.478 e. The van der Waals surface area contributed by atoms with Crippen LogP contribution < -0.4 is 24.0 Å². The summed E-state index contributed by atoms with van der Waals surface area (Å²) in [5.41, 5.74) is 0. The molecule has 27 heavy (non-hydrogen) atoms. The molecule has 0 atom stereocenters. The Balaban J connectivity index is -0.0000000364.